The van der Waals surface area contributed by atoms with Crippen LogP contribution in [0.3, 0.4) is 0 Å². The standard InChI is InChI=1S/C18H26N2O3S/c1-4-5-10-19(3)24(22,23)16-8-9-17-15(12-16)11-13(2)20(17)18(21)14-6-7-14/h8-9,12-14H,4-7,10-11H2,1-3H3/t13-/m0/s1. The predicted octanol–water partition coefficient (Wildman–Crippen LogP) is 2.79. The Hall–Kier alpha value is -1.40. The van der Waals surface area contributed by atoms with Crippen LogP contribution in [0.25, 0.3) is 0 Å². The Morgan fingerprint density at radius 3 is 2.67 bits per heavy atom. The van der Waals surface area contributed by atoms with E-state index in [2.05, 4.69) is 0 Å². The lowest BCUT2D eigenvalue weighted by Gasteiger charge is -2.23. The van der Waals surface area contributed by atoms with Crippen LogP contribution in [-0.4, -0.2) is 38.3 Å². The van der Waals surface area contributed by atoms with Gasteiger partial charge in [0.1, 0.15) is 0 Å². The number of carbonyl (C=O) groups is 1. The number of rotatable bonds is 6. The number of unbranched alkanes of at least 4 members (excludes halogenated alkanes) is 1. The van der Waals surface area contributed by atoms with E-state index in [1.54, 1.807) is 25.2 Å². The van der Waals surface area contributed by atoms with Gasteiger partial charge in [-0.2, -0.15) is 0 Å². The first kappa shape index (κ1) is 17.4. The molecule has 6 heteroatoms. The number of nitrogens with zero attached hydrogens (tertiary/aromatic N) is 2. The maximum atomic E-state index is 12.7. The smallest absolute Gasteiger partial charge is 0.242 e. The third-order valence-electron chi connectivity index (χ3n) is 4.97. The Morgan fingerprint density at radius 1 is 1.33 bits per heavy atom. The van der Waals surface area contributed by atoms with Crippen LogP contribution in [0.4, 0.5) is 5.69 Å². The van der Waals surface area contributed by atoms with Crippen molar-refractivity contribution >= 4 is 21.6 Å². The molecule has 5 nitrogen and oxygen atoms in total. The third-order valence-corrected chi connectivity index (χ3v) is 6.82. The Kier molecular flexibility index (Phi) is 4.71. The predicted molar refractivity (Wildman–Crippen MR) is 94.5 cm³/mol. The van der Waals surface area contributed by atoms with Gasteiger partial charge >= 0.3 is 0 Å². The summed E-state index contributed by atoms with van der Waals surface area (Å²) in [6.07, 6.45) is 4.48. The van der Waals surface area contributed by atoms with Gasteiger partial charge in [0.15, 0.2) is 0 Å². The summed E-state index contributed by atoms with van der Waals surface area (Å²) in [4.78, 5) is 14.7. The maximum Gasteiger partial charge on any atom is 0.242 e. The van der Waals surface area contributed by atoms with Gasteiger partial charge in [0.2, 0.25) is 15.9 Å². The van der Waals surface area contributed by atoms with Gasteiger partial charge in [0, 0.05) is 31.2 Å². The monoisotopic (exact) mass is 350 g/mol. The van der Waals surface area contributed by atoms with Gasteiger partial charge in [-0.1, -0.05) is 13.3 Å². The number of anilines is 1. The van der Waals surface area contributed by atoms with Crippen LogP contribution in [0.2, 0.25) is 0 Å². The minimum Gasteiger partial charge on any atom is -0.309 e. The fraction of sp³-hybridized carbons (Fsp3) is 0.611. The summed E-state index contributed by atoms with van der Waals surface area (Å²) in [6, 6.07) is 5.30. The van der Waals surface area contributed by atoms with E-state index in [9.17, 15) is 13.2 Å². The molecule has 2 aliphatic rings. The van der Waals surface area contributed by atoms with E-state index in [-0.39, 0.29) is 17.9 Å². The van der Waals surface area contributed by atoms with Gasteiger partial charge < -0.3 is 4.90 Å². The molecule has 0 N–H and O–H groups in total. The molecule has 0 aromatic heterocycles. The summed E-state index contributed by atoms with van der Waals surface area (Å²) in [5.74, 6) is 0.360. The average molecular weight is 350 g/mol. The molecule has 1 aliphatic carbocycles. The zero-order valence-electron chi connectivity index (χ0n) is 14.7. The first-order valence-corrected chi connectivity index (χ1v) is 10.2. The summed E-state index contributed by atoms with van der Waals surface area (Å²) in [7, 11) is -1.83. The van der Waals surface area contributed by atoms with E-state index in [4.69, 9.17) is 0 Å². The van der Waals surface area contributed by atoms with E-state index < -0.39 is 10.0 Å². The Morgan fingerprint density at radius 2 is 2.04 bits per heavy atom. The number of hydrogen-bond donors (Lipinski definition) is 0. The van der Waals surface area contributed by atoms with Crippen LogP contribution in [0, 0.1) is 5.92 Å². The first-order chi connectivity index (χ1) is 11.4. The molecule has 1 saturated carbocycles. The van der Waals surface area contributed by atoms with Gasteiger partial charge in [-0.15, -0.1) is 0 Å². The molecule has 1 amide bonds. The third kappa shape index (κ3) is 3.09. The van der Waals surface area contributed by atoms with Crippen molar-refractivity contribution in [3.63, 3.8) is 0 Å². The van der Waals surface area contributed by atoms with Crippen molar-refractivity contribution in [2.24, 2.45) is 5.92 Å². The molecule has 132 valence electrons. The Bertz CT molecular complexity index is 741. The largest absolute Gasteiger partial charge is 0.309 e. The van der Waals surface area contributed by atoms with Gasteiger partial charge in [-0.25, -0.2) is 12.7 Å². The molecule has 0 unspecified atom stereocenters. The van der Waals surface area contributed by atoms with Crippen LogP contribution in [-0.2, 0) is 21.2 Å². The summed E-state index contributed by atoms with van der Waals surface area (Å²) in [5, 5.41) is 0. The van der Waals surface area contributed by atoms with Crippen molar-refractivity contribution in [2.75, 3.05) is 18.5 Å². The lowest BCUT2D eigenvalue weighted by Crippen LogP contribution is -2.36. The van der Waals surface area contributed by atoms with Crippen molar-refractivity contribution in [3.8, 4) is 0 Å². The molecule has 1 heterocycles. The summed E-state index contributed by atoms with van der Waals surface area (Å²) in [5.41, 5.74) is 1.84. The molecule has 0 saturated heterocycles. The van der Waals surface area contributed by atoms with Crippen LogP contribution in [0.1, 0.15) is 45.1 Å². The number of amides is 1. The quantitative estimate of drug-likeness (QED) is 0.793. The minimum absolute atomic E-state index is 0.101. The normalized spacial score (nSPS) is 20.5. The maximum absolute atomic E-state index is 12.7. The highest BCUT2D eigenvalue weighted by molar-refractivity contribution is 7.89. The molecule has 1 fully saturated rings. The second-order valence-electron chi connectivity index (χ2n) is 7.01. The highest BCUT2D eigenvalue weighted by Gasteiger charge is 2.39. The number of sulfonamides is 1. The molecule has 0 bridgehead atoms. The van der Waals surface area contributed by atoms with Crippen molar-refractivity contribution in [1.29, 1.82) is 0 Å². The summed E-state index contributed by atoms with van der Waals surface area (Å²) < 4.78 is 26.8. The Labute approximate surface area is 144 Å². The topological polar surface area (TPSA) is 57.7 Å². The van der Waals surface area contributed by atoms with E-state index in [0.717, 1.165) is 43.4 Å². The van der Waals surface area contributed by atoms with Crippen LogP contribution in [0.5, 0.6) is 0 Å². The number of hydrogen-bond acceptors (Lipinski definition) is 3. The lowest BCUT2D eigenvalue weighted by atomic mass is 10.1. The molecule has 1 atom stereocenters. The molecular formula is C18H26N2O3S. The van der Waals surface area contributed by atoms with Crippen molar-refractivity contribution in [3.05, 3.63) is 23.8 Å². The van der Waals surface area contributed by atoms with Crippen LogP contribution in [0.15, 0.2) is 23.1 Å². The molecule has 0 radical (unpaired) electrons. The molecule has 1 aromatic carbocycles. The second-order valence-corrected chi connectivity index (χ2v) is 9.05. The Balaban J connectivity index is 1.87. The van der Waals surface area contributed by atoms with E-state index in [1.165, 1.54) is 4.31 Å². The fourth-order valence-corrected chi connectivity index (χ4v) is 4.57. The fourth-order valence-electron chi connectivity index (χ4n) is 3.31. The van der Waals surface area contributed by atoms with E-state index in [0.29, 0.717) is 11.4 Å². The van der Waals surface area contributed by atoms with Crippen molar-refractivity contribution in [1.82, 2.24) is 4.31 Å². The van der Waals surface area contributed by atoms with Crippen molar-refractivity contribution < 1.29 is 13.2 Å². The first-order valence-electron chi connectivity index (χ1n) is 8.78. The van der Waals surface area contributed by atoms with E-state index >= 15 is 0 Å². The number of benzene rings is 1. The lowest BCUT2D eigenvalue weighted by molar-refractivity contribution is -0.120. The SMILES string of the molecule is CCCCN(C)S(=O)(=O)c1ccc2c(c1)C[C@H](C)N2C(=O)C1CC1. The zero-order chi connectivity index (χ0) is 17.5. The van der Waals surface area contributed by atoms with Crippen molar-refractivity contribution in [2.45, 2.75) is 56.9 Å². The molecule has 0 spiro atoms. The second kappa shape index (κ2) is 6.48. The van der Waals surface area contributed by atoms with E-state index in [1.807, 2.05) is 18.7 Å². The van der Waals surface area contributed by atoms with Crippen LogP contribution >= 0.6 is 0 Å². The van der Waals surface area contributed by atoms with Gasteiger partial charge in [-0.3, -0.25) is 4.79 Å². The average Bonchev–Trinajstić information content (AvgIpc) is 3.33. The van der Waals surface area contributed by atoms with Crippen LogP contribution < -0.4 is 4.90 Å². The zero-order valence-corrected chi connectivity index (χ0v) is 15.5. The summed E-state index contributed by atoms with van der Waals surface area (Å²) >= 11 is 0. The molecule has 1 aromatic rings. The minimum atomic E-state index is -3.46. The summed E-state index contributed by atoms with van der Waals surface area (Å²) in [6.45, 7) is 4.60. The molecule has 3 rings (SSSR count). The van der Waals surface area contributed by atoms with Gasteiger partial charge in [-0.05, 0) is 56.4 Å². The molecule has 1 aliphatic heterocycles. The number of fused-ring (bicyclic) bond motifs is 1. The van der Waals surface area contributed by atoms with Gasteiger partial charge in [0.25, 0.3) is 0 Å². The highest BCUT2D eigenvalue weighted by Crippen LogP contribution is 2.39. The van der Waals surface area contributed by atoms with Gasteiger partial charge in [0.05, 0.1) is 4.90 Å². The molecule has 24 heavy (non-hydrogen) atoms. The molecular weight excluding hydrogens is 324 g/mol. The number of carbonyl (C=O) groups excluding carboxylic acids is 1. The highest BCUT2D eigenvalue weighted by atomic mass is 32.2.